The third kappa shape index (κ3) is 5.36. The van der Waals surface area contributed by atoms with Gasteiger partial charge in [-0.2, -0.15) is 0 Å². The van der Waals surface area contributed by atoms with Crippen molar-refractivity contribution in [1.82, 2.24) is 9.97 Å². The molecule has 176 valence electrons. The minimum absolute atomic E-state index is 0.0824. The van der Waals surface area contributed by atoms with Crippen LogP contribution in [0.1, 0.15) is 24.8 Å². The number of aromatic nitrogens is 2. The molecule has 7 heteroatoms. The topological polar surface area (TPSA) is 76.6 Å². The van der Waals surface area contributed by atoms with Crippen LogP contribution in [0.2, 0.25) is 0 Å². The fourth-order valence-electron chi connectivity index (χ4n) is 4.17. The van der Waals surface area contributed by atoms with Crippen LogP contribution in [0.5, 0.6) is 11.5 Å². The lowest BCUT2D eigenvalue weighted by molar-refractivity contribution is -0.114. The first-order valence-electron chi connectivity index (χ1n) is 11.5. The number of carbonyl (C=O) groups is 1. The van der Waals surface area contributed by atoms with Gasteiger partial charge in [0.2, 0.25) is 5.95 Å². The van der Waals surface area contributed by atoms with E-state index in [1.54, 1.807) is 20.4 Å². The molecule has 34 heavy (non-hydrogen) atoms. The van der Waals surface area contributed by atoms with Crippen LogP contribution in [0.3, 0.4) is 0 Å². The molecule has 7 nitrogen and oxygen atoms in total. The highest BCUT2D eigenvalue weighted by molar-refractivity contribution is 5.91. The number of hydrogen-bond acceptors (Lipinski definition) is 7. The molecule has 0 spiro atoms. The van der Waals surface area contributed by atoms with E-state index in [-0.39, 0.29) is 12.2 Å². The molecule has 2 aromatic carbocycles. The molecule has 3 aromatic rings. The van der Waals surface area contributed by atoms with Crippen molar-refractivity contribution in [3.05, 3.63) is 66.9 Å². The second-order valence-electron chi connectivity index (χ2n) is 8.21. The second-order valence-corrected chi connectivity index (χ2v) is 8.21. The van der Waals surface area contributed by atoms with Gasteiger partial charge >= 0.3 is 0 Å². The van der Waals surface area contributed by atoms with Gasteiger partial charge in [0.1, 0.15) is 11.4 Å². The lowest BCUT2D eigenvalue weighted by atomic mass is 10.0. The minimum atomic E-state index is -0.0824. The quantitative estimate of drug-likeness (QED) is 0.442. The van der Waals surface area contributed by atoms with Gasteiger partial charge < -0.3 is 19.7 Å². The van der Waals surface area contributed by atoms with Crippen LogP contribution in [-0.4, -0.2) is 43.1 Å². The van der Waals surface area contributed by atoms with Gasteiger partial charge in [-0.05, 0) is 61.7 Å². The number of carbonyl (C=O) groups excluding carboxylic acids is 1. The van der Waals surface area contributed by atoms with E-state index >= 15 is 0 Å². The van der Waals surface area contributed by atoms with E-state index in [0.29, 0.717) is 23.1 Å². The van der Waals surface area contributed by atoms with Crippen LogP contribution in [-0.2, 0) is 11.2 Å². The van der Waals surface area contributed by atoms with Crippen molar-refractivity contribution in [3.63, 3.8) is 0 Å². The summed E-state index contributed by atoms with van der Waals surface area (Å²) in [6.45, 7) is 5.73. The van der Waals surface area contributed by atoms with Crippen LogP contribution in [0, 0.1) is 0 Å². The maximum Gasteiger partial charge on any atom is 0.227 e. The first kappa shape index (κ1) is 23.3. The lowest BCUT2D eigenvalue weighted by Crippen LogP contribution is -2.29. The van der Waals surface area contributed by atoms with Crippen molar-refractivity contribution in [1.29, 1.82) is 0 Å². The van der Waals surface area contributed by atoms with E-state index in [4.69, 9.17) is 14.5 Å². The summed E-state index contributed by atoms with van der Waals surface area (Å²) in [5.74, 6) is 1.56. The molecule has 0 atom stereocenters. The van der Waals surface area contributed by atoms with Crippen molar-refractivity contribution in [2.75, 3.05) is 37.5 Å². The average molecular weight is 459 g/mol. The van der Waals surface area contributed by atoms with E-state index in [2.05, 4.69) is 33.9 Å². The number of rotatable bonds is 9. The predicted octanol–water partition coefficient (Wildman–Crippen LogP) is 5.19. The van der Waals surface area contributed by atoms with Gasteiger partial charge in [0, 0.05) is 42.0 Å². The van der Waals surface area contributed by atoms with Gasteiger partial charge in [-0.3, -0.25) is 4.79 Å². The molecule has 0 amide bonds. The normalized spacial score (nSPS) is 13.3. The summed E-state index contributed by atoms with van der Waals surface area (Å²) in [5.41, 5.74) is 4.31. The van der Waals surface area contributed by atoms with Crippen molar-refractivity contribution in [2.45, 2.75) is 25.7 Å². The van der Waals surface area contributed by atoms with Gasteiger partial charge in [-0.1, -0.05) is 12.6 Å². The summed E-state index contributed by atoms with van der Waals surface area (Å²) < 4.78 is 11.0. The molecule has 1 aromatic heterocycles. The van der Waals surface area contributed by atoms with Crippen molar-refractivity contribution >= 4 is 23.1 Å². The summed E-state index contributed by atoms with van der Waals surface area (Å²) in [6, 6.07) is 13.9. The molecule has 0 unspecified atom stereocenters. The number of benzene rings is 2. The Labute approximate surface area is 200 Å². The number of nitrogens with zero attached hydrogens (tertiary/aromatic N) is 3. The Bertz CT molecular complexity index is 1170. The zero-order valence-corrected chi connectivity index (χ0v) is 19.7. The van der Waals surface area contributed by atoms with Gasteiger partial charge in [0.15, 0.2) is 11.5 Å². The van der Waals surface area contributed by atoms with Crippen molar-refractivity contribution in [3.8, 4) is 22.8 Å². The van der Waals surface area contributed by atoms with E-state index in [9.17, 15) is 4.79 Å². The fraction of sp³-hybridized carbons (Fsp3) is 0.296. The number of methoxy groups -OCH3 is 2. The molecule has 4 rings (SSSR count). The largest absolute Gasteiger partial charge is 0.496 e. The van der Waals surface area contributed by atoms with Gasteiger partial charge in [0.05, 0.1) is 20.4 Å². The Hall–Kier alpha value is -3.87. The predicted molar refractivity (Wildman–Crippen MR) is 135 cm³/mol. The standard InChI is InChI=1S/C27H30N4O3/c1-4-23(32)16-20-15-19(11-12-24(20)33-2)26-25(34-3)18-28-27(30-26)29-21-9-8-10-22(17-21)31-13-6-5-7-14-31/h4,8-12,15,17-18H,1,5-7,13-14,16H2,2-3H3,(H,28,29,30). The fourth-order valence-corrected chi connectivity index (χ4v) is 4.17. The second kappa shape index (κ2) is 10.8. The Balaban J connectivity index is 1.63. The number of allylic oxidation sites excluding steroid dienone is 1. The molecule has 0 aliphatic carbocycles. The Morgan fingerprint density at radius 1 is 1.09 bits per heavy atom. The smallest absolute Gasteiger partial charge is 0.227 e. The number of ketones is 1. The van der Waals surface area contributed by atoms with Crippen LogP contribution in [0.15, 0.2) is 61.3 Å². The highest BCUT2D eigenvalue weighted by Crippen LogP contribution is 2.33. The number of piperidine rings is 1. The molecular weight excluding hydrogens is 428 g/mol. The molecule has 1 saturated heterocycles. The summed E-state index contributed by atoms with van der Waals surface area (Å²) in [7, 11) is 3.17. The zero-order valence-electron chi connectivity index (χ0n) is 19.7. The molecule has 1 aliphatic heterocycles. The SMILES string of the molecule is C=CC(=O)Cc1cc(-c2nc(Nc3cccc(N4CCCCC4)c3)ncc2OC)ccc1OC. The van der Waals surface area contributed by atoms with Crippen molar-refractivity contribution < 1.29 is 14.3 Å². The molecule has 1 fully saturated rings. The minimum Gasteiger partial charge on any atom is -0.496 e. The van der Waals surface area contributed by atoms with Crippen LogP contribution >= 0.6 is 0 Å². The highest BCUT2D eigenvalue weighted by atomic mass is 16.5. The number of nitrogens with one attached hydrogen (secondary N) is 1. The monoisotopic (exact) mass is 458 g/mol. The Kier molecular flexibility index (Phi) is 7.42. The molecule has 0 bridgehead atoms. The van der Waals surface area contributed by atoms with Crippen LogP contribution in [0.4, 0.5) is 17.3 Å². The molecule has 1 aliphatic rings. The maximum absolute atomic E-state index is 12.0. The van der Waals surface area contributed by atoms with Crippen LogP contribution in [0.25, 0.3) is 11.3 Å². The summed E-state index contributed by atoms with van der Waals surface area (Å²) in [4.78, 5) is 23.6. The number of hydrogen-bond donors (Lipinski definition) is 1. The number of ether oxygens (including phenoxy) is 2. The summed E-state index contributed by atoms with van der Waals surface area (Å²) >= 11 is 0. The highest BCUT2D eigenvalue weighted by Gasteiger charge is 2.15. The zero-order chi connectivity index (χ0) is 23.9. The van der Waals surface area contributed by atoms with E-state index in [1.807, 2.05) is 30.3 Å². The van der Waals surface area contributed by atoms with E-state index in [1.165, 1.54) is 31.0 Å². The Morgan fingerprint density at radius 2 is 1.88 bits per heavy atom. The van der Waals surface area contributed by atoms with Crippen LogP contribution < -0.4 is 19.7 Å². The van der Waals surface area contributed by atoms with E-state index < -0.39 is 0 Å². The van der Waals surface area contributed by atoms with Gasteiger partial charge in [-0.25, -0.2) is 9.97 Å². The van der Waals surface area contributed by atoms with Crippen molar-refractivity contribution in [2.24, 2.45) is 0 Å². The van der Waals surface area contributed by atoms with E-state index in [0.717, 1.165) is 29.9 Å². The van der Waals surface area contributed by atoms with Gasteiger partial charge in [-0.15, -0.1) is 0 Å². The molecule has 1 N–H and O–H groups in total. The molecule has 0 radical (unpaired) electrons. The number of anilines is 3. The molecule has 2 heterocycles. The summed E-state index contributed by atoms with van der Waals surface area (Å²) in [6.07, 6.45) is 6.92. The lowest BCUT2D eigenvalue weighted by Gasteiger charge is -2.29. The third-order valence-electron chi connectivity index (χ3n) is 5.94. The van der Waals surface area contributed by atoms with Gasteiger partial charge in [0.25, 0.3) is 0 Å². The molecule has 0 saturated carbocycles. The first-order chi connectivity index (χ1) is 16.6. The Morgan fingerprint density at radius 3 is 2.62 bits per heavy atom. The summed E-state index contributed by atoms with van der Waals surface area (Å²) in [5, 5.41) is 3.33. The maximum atomic E-state index is 12.0. The average Bonchev–Trinajstić information content (AvgIpc) is 2.89. The first-order valence-corrected chi connectivity index (χ1v) is 11.5. The molecular formula is C27H30N4O3. The third-order valence-corrected chi connectivity index (χ3v) is 5.94.